The highest BCUT2D eigenvalue weighted by Crippen LogP contribution is 2.38. The van der Waals surface area contributed by atoms with E-state index in [9.17, 15) is 9.90 Å². The van der Waals surface area contributed by atoms with Crippen molar-refractivity contribution in [3.05, 3.63) is 28.8 Å². The number of rotatable bonds is 8. The number of carboxylic acids is 1. The summed E-state index contributed by atoms with van der Waals surface area (Å²) in [6.07, 6.45) is 3.91. The molecule has 146 valence electrons. The zero-order chi connectivity index (χ0) is 19.3. The molecule has 4 heteroatoms. The SMILES string of the molecule is CCC(C)c1cc(CN2CCCC(C(=O)O)C2)cc(C(C)CC)c1OC. The van der Waals surface area contributed by atoms with Crippen LogP contribution < -0.4 is 4.74 Å². The van der Waals surface area contributed by atoms with E-state index in [4.69, 9.17) is 4.74 Å². The summed E-state index contributed by atoms with van der Waals surface area (Å²) >= 11 is 0. The second-order valence-corrected chi connectivity index (χ2v) is 7.84. The first kappa shape index (κ1) is 20.8. The lowest BCUT2D eigenvalue weighted by Gasteiger charge is -2.31. The molecule has 1 fully saturated rings. The van der Waals surface area contributed by atoms with E-state index >= 15 is 0 Å². The van der Waals surface area contributed by atoms with Crippen molar-refractivity contribution in [2.24, 2.45) is 5.92 Å². The molecule has 1 aliphatic heterocycles. The van der Waals surface area contributed by atoms with Crippen LogP contribution in [0.15, 0.2) is 12.1 Å². The number of likely N-dealkylation sites (tertiary alicyclic amines) is 1. The van der Waals surface area contributed by atoms with Crippen molar-refractivity contribution >= 4 is 5.97 Å². The Morgan fingerprint density at radius 3 is 2.27 bits per heavy atom. The largest absolute Gasteiger partial charge is 0.496 e. The van der Waals surface area contributed by atoms with Crippen LogP contribution in [-0.4, -0.2) is 36.2 Å². The van der Waals surface area contributed by atoms with Gasteiger partial charge in [0.25, 0.3) is 0 Å². The van der Waals surface area contributed by atoms with Crippen LogP contribution >= 0.6 is 0 Å². The molecule has 1 saturated heterocycles. The lowest BCUT2D eigenvalue weighted by atomic mass is 9.87. The molecule has 2 rings (SSSR count). The minimum Gasteiger partial charge on any atom is -0.496 e. The molecular weight excluding hydrogens is 326 g/mol. The van der Waals surface area contributed by atoms with Gasteiger partial charge in [-0.2, -0.15) is 0 Å². The topological polar surface area (TPSA) is 49.8 Å². The number of carbonyl (C=O) groups is 1. The van der Waals surface area contributed by atoms with Crippen LogP contribution in [0.1, 0.15) is 81.9 Å². The van der Waals surface area contributed by atoms with Crippen LogP contribution in [0.2, 0.25) is 0 Å². The molecule has 1 aromatic carbocycles. The number of carboxylic acid groups (broad SMARTS) is 1. The Labute approximate surface area is 158 Å². The first-order valence-electron chi connectivity index (χ1n) is 10.1. The van der Waals surface area contributed by atoms with Crippen molar-refractivity contribution in [3.63, 3.8) is 0 Å². The molecule has 0 amide bonds. The predicted molar refractivity (Wildman–Crippen MR) is 106 cm³/mol. The second kappa shape index (κ2) is 9.40. The van der Waals surface area contributed by atoms with Crippen molar-refractivity contribution in [2.75, 3.05) is 20.2 Å². The first-order valence-corrected chi connectivity index (χ1v) is 10.1. The van der Waals surface area contributed by atoms with E-state index < -0.39 is 5.97 Å². The summed E-state index contributed by atoms with van der Waals surface area (Å²) in [4.78, 5) is 13.7. The van der Waals surface area contributed by atoms with Crippen molar-refractivity contribution < 1.29 is 14.6 Å². The van der Waals surface area contributed by atoms with E-state index in [-0.39, 0.29) is 5.92 Å². The van der Waals surface area contributed by atoms with Gasteiger partial charge in [0, 0.05) is 13.1 Å². The summed E-state index contributed by atoms with van der Waals surface area (Å²) in [5, 5.41) is 9.34. The molecule has 0 bridgehead atoms. The highest BCUT2D eigenvalue weighted by Gasteiger charge is 2.26. The average Bonchev–Trinajstić information content (AvgIpc) is 2.66. The predicted octanol–water partition coefficient (Wildman–Crippen LogP) is 5.02. The third-order valence-electron chi connectivity index (χ3n) is 5.96. The maximum atomic E-state index is 11.4. The smallest absolute Gasteiger partial charge is 0.307 e. The fourth-order valence-electron chi connectivity index (χ4n) is 3.90. The molecule has 1 heterocycles. The van der Waals surface area contributed by atoms with Crippen molar-refractivity contribution in [3.8, 4) is 5.75 Å². The van der Waals surface area contributed by atoms with Crippen LogP contribution in [0.3, 0.4) is 0 Å². The van der Waals surface area contributed by atoms with Crippen molar-refractivity contribution in [1.82, 2.24) is 4.90 Å². The zero-order valence-electron chi connectivity index (χ0n) is 17.0. The van der Waals surface area contributed by atoms with Gasteiger partial charge in [-0.25, -0.2) is 0 Å². The Morgan fingerprint density at radius 2 is 1.81 bits per heavy atom. The molecule has 3 atom stereocenters. The van der Waals surface area contributed by atoms with Gasteiger partial charge in [-0.05, 0) is 60.8 Å². The maximum Gasteiger partial charge on any atom is 0.307 e. The normalized spacial score (nSPS) is 20.6. The van der Waals surface area contributed by atoms with E-state index in [1.165, 1.54) is 16.7 Å². The maximum absolute atomic E-state index is 11.4. The number of hydrogen-bond acceptors (Lipinski definition) is 3. The van der Waals surface area contributed by atoms with E-state index in [1.54, 1.807) is 7.11 Å². The number of methoxy groups -OCH3 is 1. The lowest BCUT2D eigenvalue weighted by Crippen LogP contribution is -2.38. The molecule has 4 nitrogen and oxygen atoms in total. The number of piperidine rings is 1. The summed E-state index contributed by atoms with van der Waals surface area (Å²) in [6.45, 7) is 11.4. The van der Waals surface area contributed by atoms with Gasteiger partial charge in [0.2, 0.25) is 0 Å². The van der Waals surface area contributed by atoms with Crippen LogP contribution in [0, 0.1) is 5.92 Å². The summed E-state index contributed by atoms with van der Waals surface area (Å²) < 4.78 is 5.82. The van der Waals surface area contributed by atoms with Crippen molar-refractivity contribution in [1.29, 1.82) is 0 Å². The Kier molecular flexibility index (Phi) is 7.51. The number of aliphatic carboxylic acids is 1. The molecule has 1 aliphatic rings. The van der Waals surface area contributed by atoms with Gasteiger partial charge in [-0.3, -0.25) is 9.69 Å². The zero-order valence-corrected chi connectivity index (χ0v) is 17.0. The lowest BCUT2D eigenvalue weighted by molar-refractivity contribution is -0.143. The average molecular weight is 362 g/mol. The number of nitrogens with zero attached hydrogens (tertiary/aromatic N) is 1. The van der Waals surface area contributed by atoms with Crippen LogP contribution in [-0.2, 0) is 11.3 Å². The minimum absolute atomic E-state index is 0.231. The minimum atomic E-state index is -0.662. The molecule has 0 saturated carbocycles. The monoisotopic (exact) mass is 361 g/mol. The van der Waals surface area contributed by atoms with Gasteiger partial charge < -0.3 is 9.84 Å². The standard InChI is InChI=1S/C22H35NO3/c1-6-15(3)19-11-17(12-20(16(4)7-2)21(19)26-5)13-23-10-8-9-18(14-23)22(24)25/h11-12,15-16,18H,6-10,13-14H2,1-5H3,(H,24,25). The Morgan fingerprint density at radius 1 is 1.23 bits per heavy atom. The van der Waals surface area contributed by atoms with E-state index in [1.807, 2.05) is 0 Å². The highest BCUT2D eigenvalue weighted by atomic mass is 16.5. The molecule has 0 spiro atoms. The second-order valence-electron chi connectivity index (χ2n) is 7.84. The Hall–Kier alpha value is -1.55. The van der Waals surface area contributed by atoms with Crippen LogP contribution in [0.4, 0.5) is 0 Å². The van der Waals surface area contributed by atoms with Crippen LogP contribution in [0.5, 0.6) is 5.75 Å². The fraction of sp³-hybridized carbons (Fsp3) is 0.682. The van der Waals surface area contributed by atoms with Gasteiger partial charge in [0.05, 0.1) is 13.0 Å². The number of benzene rings is 1. The molecular formula is C22H35NO3. The number of hydrogen-bond donors (Lipinski definition) is 1. The summed E-state index contributed by atoms with van der Waals surface area (Å²) in [5.74, 6) is 1.04. The Balaban J connectivity index is 2.34. The Bertz CT molecular complexity index is 582. The van der Waals surface area contributed by atoms with Gasteiger partial charge in [-0.15, -0.1) is 0 Å². The summed E-state index contributed by atoms with van der Waals surface area (Å²) in [6, 6.07) is 4.56. The van der Waals surface area contributed by atoms with Crippen LogP contribution in [0.25, 0.3) is 0 Å². The van der Waals surface area contributed by atoms with Gasteiger partial charge in [-0.1, -0.05) is 39.8 Å². The molecule has 0 radical (unpaired) electrons. The van der Waals surface area contributed by atoms with Gasteiger partial charge in [0.15, 0.2) is 0 Å². The fourth-order valence-corrected chi connectivity index (χ4v) is 3.90. The number of ether oxygens (including phenoxy) is 1. The molecule has 1 aromatic rings. The van der Waals surface area contributed by atoms with E-state index in [0.29, 0.717) is 18.4 Å². The van der Waals surface area contributed by atoms with E-state index in [0.717, 1.165) is 44.5 Å². The molecule has 0 aliphatic carbocycles. The molecule has 1 N–H and O–H groups in total. The van der Waals surface area contributed by atoms with Gasteiger partial charge in [0.1, 0.15) is 5.75 Å². The summed E-state index contributed by atoms with van der Waals surface area (Å²) in [7, 11) is 1.77. The quantitative estimate of drug-likeness (QED) is 0.706. The molecule has 0 aromatic heterocycles. The molecule has 3 unspecified atom stereocenters. The highest BCUT2D eigenvalue weighted by molar-refractivity contribution is 5.70. The van der Waals surface area contributed by atoms with E-state index in [2.05, 4.69) is 44.7 Å². The third kappa shape index (κ3) is 4.79. The molecule has 26 heavy (non-hydrogen) atoms. The summed E-state index contributed by atoms with van der Waals surface area (Å²) in [5.41, 5.74) is 3.85. The van der Waals surface area contributed by atoms with Gasteiger partial charge >= 0.3 is 5.97 Å². The first-order chi connectivity index (χ1) is 12.4. The van der Waals surface area contributed by atoms with Crippen molar-refractivity contribution in [2.45, 2.75) is 71.8 Å². The third-order valence-corrected chi connectivity index (χ3v) is 5.96.